The lowest BCUT2D eigenvalue weighted by atomic mass is 10.1. The maximum atomic E-state index is 5.50. The molecule has 0 radical (unpaired) electrons. The van der Waals surface area contributed by atoms with Crippen LogP contribution in [0.3, 0.4) is 0 Å². The predicted octanol–water partition coefficient (Wildman–Crippen LogP) is 1.98. The highest BCUT2D eigenvalue weighted by atomic mass is 32.1. The quantitative estimate of drug-likeness (QED) is 0.883. The zero-order valence-electron chi connectivity index (χ0n) is 9.23. The van der Waals surface area contributed by atoms with Gasteiger partial charge in [-0.15, -0.1) is 10.2 Å². The molecule has 0 saturated heterocycles. The number of hydrogen-bond donors (Lipinski definition) is 1. The summed E-state index contributed by atoms with van der Waals surface area (Å²) in [5.41, 5.74) is 7.62. The van der Waals surface area contributed by atoms with Gasteiger partial charge in [0.25, 0.3) is 0 Å². The standard InChI is InChI=1S/C11H13N3OS/c1-7-3-4-8(5-9(7)15-2)11-14-13-10(6-12)16-11/h3-5H,6,12H2,1-2H3. The predicted molar refractivity (Wildman–Crippen MR) is 64.5 cm³/mol. The number of ether oxygens (including phenoxy) is 1. The molecule has 16 heavy (non-hydrogen) atoms. The van der Waals surface area contributed by atoms with E-state index < -0.39 is 0 Å². The average Bonchev–Trinajstić information content (AvgIpc) is 2.78. The molecule has 2 aromatic rings. The summed E-state index contributed by atoms with van der Waals surface area (Å²) in [5.74, 6) is 0.863. The topological polar surface area (TPSA) is 61.0 Å². The Morgan fingerprint density at radius 3 is 2.81 bits per heavy atom. The summed E-state index contributed by atoms with van der Waals surface area (Å²) < 4.78 is 5.27. The third-order valence-electron chi connectivity index (χ3n) is 2.30. The fourth-order valence-corrected chi connectivity index (χ4v) is 2.12. The Morgan fingerprint density at radius 2 is 2.19 bits per heavy atom. The molecule has 5 heteroatoms. The SMILES string of the molecule is COc1cc(-c2nnc(CN)s2)ccc1C. The summed E-state index contributed by atoms with van der Waals surface area (Å²) in [6, 6.07) is 5.99. The van der Waals surface area contributed by atoms with Gasteiger partial charge in [0, 0.05) is 12.1 Å². The van der Waals surface area contributed by atoms with Crippen LogP contribution in [0.1, 0.15) is 10.6 Å². The van der Waals surface area contributed by atoms with Crippen molar-refractivity contribution in [2.24, 2.45) is 5.73 Å². The van der Waals surface area contributed by atoms with Gasteiger partial charge in [-0.1, -0.05) is 23.5 Å². The van der Waals surface area contributed by atoms with Crippen molar-refractivity contribution in [2.75, 3.05) is 7.11 Å². The molecule has 0 atom stereocenters. The van der Waals surface area contributed by atoms with Crippen LogP contribution < -0.4 is 10.5 Å². The van der Waals surface area contributed by atoms with Crippen LogP contribution in [-0.2, 0) is 6.54 Å². The molecule has 1 heterocycles. The summed E-state index contributed by atoms with van der Waals surface area (Å²) in [7, 11) is 1.66. The lowest BCUT2D eigenvalue weighted by Crippen LogP contribution is -1.94. The molecule has 0 fully saturated rings. The van der Waals surface area contributed by atoms with Crippen LogP contribution in [0, 0.1) is 6.92 Å². The molecule has 84 valence electrons. The van der Waals surface area contributed by atoms with Gasteiger partial charge >= 0.3 is 0 Å². The Kier molecular flexibility index (Phi) is 3.17. The molecule has 2 N–H and O–H groups in total. The molecule has 0 aliphatic heterocycles. The summed E-state index contributed by atoms with van der Waals surface area (Å²) >= 11 is 1.51. The Hall–Kier alpha value is -1.46. The molecule has 0 aliphatic rings. The fraction of sp³-hybridized carbons (Fsp3) is 0.273. The third kappa shape index (κ3) is 2.05. The highest BCUT2D eigenvalue weighted by Gasteiger charge is 2.07. The largest absolute Gasteiger partial charge is 0.496 e. The molecule has 1 aromatic heterocycles. The van der Waals surface area contributed by atoms with E-state index in [0.717, 1.165) is 26.9 Å². The van der Waals surface area contributed by atoms with E-state index in [4.69, 9.17) is 10.5 Å². The normalized spacial score (nSPS) is 10.4. The summed E-state index contributed by atoms with van der Waals surface area (Å²) in [6.07, 6.45) is 0. The smallest absolute Gasteiger partial charge is 0.147 e. The first kappa shape index (κ1) is 11.0. The minimum atomic E-state index is 0.431. The number of aromatic nitrogens is 2. The van der Waals surface area contributed by atoms with Crippen molar-refractivity contribution in [1.82, 2.24) is 10.2 Å². The first-order chi connectivity index (χ1) is 7.74. The number of hydrogen-bond acceptors (Lipinski definition) is 5. The number of methoxy groups -OCH3 is 1. The van der Waals surface area contributed by atoms with Crippen LogP contribution in [0.15, 0.2) is 18.2 Å². The van der Waals surface area contributed by atoms with Crippen molar-refractivity contribution in [1.29, 1.82) is 0 Å². The van der Waals surface area contributed by atoms with Gasteiger partial charge in [-0.2, -0.15) is 0 Å². The van der Waals surface area contributed by atoms with Crippen LogP contribution in [0.4, 0.5) is 0 Å². The second-order valence-electron chi connectivity index (χ2n) is 3.39. The number of aryl methyl sites for hydroxylation is 1. The van der Waals surface area contributed by atoms with Gasteiger partial charge in [0.15, 0.2) is 0 Å². The van der Waals surface area contributed by atoms with E-state index in [1.807, 2.05) is 25.1 Å². The second-order valence-corrected chi connectivity index (χ2v) is 4.45. The van der Waals surface area contributed by atoms with Gasteiger partial charge in [-0.3, -0.25) is 0 Å². The molecule has 0 spiro atoms. The highest BCUT2D eigenvalue weighted by molar-refractivity contribution is 7.14. The fourth-order valence-electron chi connectivity index (χ4n) is 1.41. The number of benzene rings is 1. The molecular formula is C11H13N3OS. The van der Waals surface area contributed by atoms with Crippen LogP contribution >= 0.6 is 11.3 Å². The molecule has 0 unspecified atom stereocenters. The average molecular weight is 235 g/mol. The Bertz CT molecular complexity index is 496. The van der Waals surface area contributed by atoms with Crippen molar-refractivity contribution in [3.63, 3.8) is 0 Å². The van der Waals surface area contributed by atoms with Crippen LogP contribution in [-0.4, -0.2) is 17.3 Å². The van der Waals surface area contributed by atoms with Crippen molar-refractivity contribution in [2.45, 2.75) is 13.5 Å². The molecule has 2 rings (SSSR count). The van der Waals surface area contributed by atoms with Crippen molar-refractivity contribution >= 4 is 11.3 Å². The van der Waals surface area contributed by atoms with E-state index in [2.05, 4.69) is 10.2 Å². The monoisotopic (exact) mass is 235 g/mol. The highest BCUT2D eigenvalue weighted by Crippen LogP contribution is 2.28. The first-order valence-corrected chi connectivity index (χ1v) is 5.73. The first-order valence-electron chi connectivity index (χ1n) is 4.92. The number of rotatable bonds is 3. The van der Waals surface area contributed by atoms with E-state index in [0.29, 0.717) is 6.54 Å². The maximum Gasteiger partial charge on any atom is 0.147 e. The number of nitrogens with zero attached hydrogens (tertiary/aromatic N) is 2. The van der Waals surface area contributed by atoms with Gasteiger partial charge < -0.3 is 10.5 Å². The van der Waals surface area contributed by atoms with E-state index in [1.165, 1.54) is 11.3 Å². The van der Waals surface area contributed by atoms with Gasteiger partial charge in [0.2, 0.25) is 0 Å². The molecule has 0 bridgehead atoms. The lowest BCUT2D eigenvalue weighted by Gasteiger charge is -2.05. The molecule has 0 saturated carbocycles. The summed E-state index contributed by atoms with van der Waals surface area (Å²) in [5, 5.41) is 9.80. The van der Waals surface area contributed by atoms with Crippen molar-refractivity contribution < 1.29 is 4.74 Å². The van der Waals surface area contributed by atoms with Crippen LogP contribution in [0.5, 0.6) is 5.75 Å². The third-order valence-corrected chi connectivity index (χ3v) is 3.29. The van der Waals surface area contributed by atoms with E-state index in [1.54, 1.807) is 7.11 Å². The zero-order chi connectivity index (χ0) is 11.5. The maximum absolute atomic E-state index is 5.50. The van der Waals surface area contributed by atoms with Crippen LogP contribution in [0.25, 0.3) is 10.6 Å². The van der Waals surface area contributed by atoms with Crippen LogP contribution in [0.2, 0.25) is 0 Å². The minimum absolute atomic E-state index is 0.431. The lowest BCUT2D eigenvalue weighted by molar-refractivity contribution is 0.412. The molecule has 1 aromatic carbocycles. The summed E-state index contributed by atoms with van der Waals surface area (Å²) in [4.78, 5) is 0. The molecule has 0 amide bonds. The van der Waals surface area contributed by atoms with E-state index in [9.17, 15) is 0 Å². The van der Waals surface area contributed by atoms with Gasteiger partial charge in [0.05, 0.1) is 7.11 Å². The Morgan fingerprint density at radius 1 is 1.38 bits per heavy atom. The second kappa shape index (κ2) is 4.59. The Balaban J connectivity index is 2.40. The van der Waals surface area contributed by atoms with Gasteiger partial charge in [-0.25, -0.2) is 0 Å². The minimum Gasteiger partial charge on any atom is -0.496 e. The molecular weight excluding hydrogens is 222 g/mol. The van der Waals surface area contributed by atoms with E-state index >= 15 is 0 Å². The Labute approximate surface area is 98.1 Å². The summed E-state index contributed by atoms with van der Waals surface area (Å²) in [6.45, 7) is 2.44. The molecule has 0 aliphatic carbocycles. The van der Waals surface area contributed by atoms with Crippen molar-refractivity contribution in [3.8, 4) is 16.3 Å². The van der Waals surface area contributed by atoms with Gasteiger partial charge in [-0.05, 0) is 18.6 Å². The molecule has 4 nitrogen and oxygen atoms in total. The zero-order valence-corrected chi connectivity index (χ0v) is 10.0. The number of nitrogens with two attached hydrogens (primary N) is 1. The van der Waals surface area contributed by atoms with E-state index in [-0.39, 0.29) is 0 Å². The van der Waals surface area contributed by atoms with Gasteiger partial charge in [0.1, 0.15) is 15.8 Å². The van der Waals surface area contributed by atoms with Crippen molar-refractivity contribution in [3.05, 3.63) is 28.8 Å².